The molecule has 142 valence electrons. The average molecular weight is 380 g/mol. The van der Waals surface area contributed by atoms with Crippen LogP contribution in [0.5, 0.6) is 0 Å². The van der Waals surface area contributed by atoms with Gasteiger partial charge >= 0.3 is 0 Å². The van der Waals surface area contributed by atoms with Crippen LogP contribution >= 0.6 is 0 Å². The van der Waals surface area contributed by atoms with Crippen LogP contribution in [0.15, 0.2) is 72.8 Å². The number of rotatable bonds is 5. The zero-order chi connectivity index (χ0) is 20.1. The summed E-state index contributed by atoms with van der Waals surface area (Å²) >= 11 is 0. The normalized spacial score (nSPS) is 11.5. The molecule has 0 radical (unpaired) electrons. The highest BCUT2D eigenvalue weighted by Gasteiger charge is 2.16. The van der Waals surface area contributed by atoms with Crippen LogP contribution in [0.2, 0.25) is 0 Å². The lowest BCUT2D eigenvalue weighted by Gasteiger charge is -2.14. The van der Waals surface area contributed by atoms with Crippen LogP contribution in [-0.4, -0.2) is 11.8 Å². The Kier molecular flexibility index (Phi) is 5.79. The second-order valence-corrected chi connectivity index (χ2v) is 6.24. The Labute approximate surface area is 161 Å². The SMILES string of the molecule is CC(NC(=O)c1cccc(C(=O)Nc2c(F)cccc2F)c1)c1ccccc1. The lowest BCUT2D eigenvalue weighted by molar-refractivity contribution is 0.0940. The van der Waals surface area contributed by atoms with E-state index < -0.39 is 23.2 Å². The molecule has 0 aliphatic heterocycles. The van der Waals surface area contributed by atoms with Gasteiger partial charge in [0, 0.05) is 11.1 Å². The standard InChI is InChI=1S/C22H18F2N2O2/c1-14(15-7-3-2-4-8-15)25-21(27)16-9-5-10-17(13-16)22(28)26-20-18(23)11-6-12-19(20)24/h2-14H,1H3,(H,25,27)(H,26,28). The van der Waals surface area contributed by atoms with Crippen molar-refractivity contribution >= 4 is 17.5 Å². The Morgan fingerprint density at radius 1 is 0.786 bits per heavy atom. The quantitative estimate of drug-likeness (QED) is 0.674. The van der Waals surface area contributed by atoms with Crippen LogP contribution in [0.25, 0.3) is 0 Å². The van der Waals surface area contributed by atoms with Gasteiger partial charge in [-0.25, -0.2) is 8.78 Å². The van der Waals surface area contributed by atoms with E-state index in [4.69, 9.17) is 0 Å². The summed E-state index contributed by atoms with van der Waals surface area (Å²) in [5.41, 5.74) is 0.798. The Bertz CT molecular complexity index is 986. The fourth-order valence-electron chi connectivity index (χ4n) is 2.71. The highest BCUT2D eigenvalue weighted by atomic mass is 19.1. The van der Waals surface area contributed by atoms with E-state index in [-0.39, 0.29) is 23.1 Å². The third-order valence-corrected chi connectivity index (χ3v) is 4.24. The summed E-state index contributed by atoms with van der Waals surface area (Å²) in [7, 11) is 0. The molecule has 6 heteroatoms. The van der Waals surface area contributed by atoms with E-state index in [9.17, 15) is 18.4 Å². The van der Waals surface area contributed by atoms with E-state index in [1.54, 1.807) is 6.07 Å². The molecule has 2 amide bonds. The molecule has 2 N–H and O–H groups in total. The van der Waals surface area contributed by atoms with Gasteiger partial charge in [-0.2, -0.15) is 0 Å². The monoisotopic (exact) mass is 380 g/mol. The summed E-state index contributed by atoms with van der Waals surface area (Å²) < 4.78 is 27.4. The first-order chi connectivity index (χ1) is 13.5. The van der Waals surface area contributed by atoms with Crippen molar-refractivity contribution in [1.29, 1.82) is 0 Å². The van der Waals surface area contributed by atoms with E-state index in [1.165, 1.54) is 24.3 Å². The van der Waals surface area contributed by atoms with E-state index >= 15 is 0 Å². The van der Waals surface area contributed by atoms with Crippen molar-refractivity contribution in [1.82, 2.24) is 5.32 Å². The molecule has 4 nitrogen and oxygen atoms in total. The van der Waals surface area contributed by atoms with Crippen molar-refractivity contribution < 1.29 is 18.4 Å². The Hall–Kier alpha value is -3.54. The molecule has 0 saturated carbocycles. The van der Waals surface area contributed by atoms with Gasteiger partial charge in [0.05, 0.1) is 6.04 Å². The third-order valence-electron chi connectivity index (χ3n) is 4.24. The zero-order valence-electron chi connectivity index (χ0n) is 15.1. The maximum Gasteiger partial charge on any atom is 0.255 e. The maximum atomic E-state index is 13.7. The Morgan fingerprint density at radius 2 is 1.36 bits per heavy atom. The van der Waals surface area contributed by atoms with Crippen LogP contribution in [0.4, 0.5) is 14.5 Å². The molecule has 0 spiro atoms. The van der Waals surface area contributed by atoms with Gasteiger partial charge in [0.15, 0.2) is 0 Å². The number of hydrogen-bond acceptors (Lipinski definition) is 2. The smallest absolute Gasteiger partial charge is 0.255 e. The molecule has 0 aliphatic carbocycles. The molecule has 0 bridgehead atoms. The summed E-state index contributed by atoms with van der Waals surface area (Å²) in [4.78, 5) is 24.9. The molecule has 1 atom stereocenters. The molecular weight excluding hydrogens is 362 g/mol. The van der Waals surface area contributed by atoms with Gasteiger partial charge in [-0.15, -0.1) is 0 Å². The molecule has 0 aliphatic rings. The summed E-state index contributed by atoms with van der Waals surface area (Å²) in [5.74, 6) is -2.82. The fourth-order valence-corrected chi connectivity index (χ4v) is 2.71. The average Bonchev–Trinajstić information content (AvgIpc) is 2.71. The molecular formula is C22H18F2N2O2. The molecule has 0 saturated heterocycles. The van der Waals surface area contributed by atoms with Crippen molar-refractivity contribution in [2.24, 2.45) is 0 Å². The summed E-state index contributed by atoms with van der Waals surface area (Å²) in [6.45, 7) is 1.85. The van der Waals surface area contributed by atoms with Gasteiger partial charge in [-0.1, -0.05) is 42.5 Å². The molecule has 0 heterocycles. The maximum absolute atomic E-state index is 13.7. The van der Waals surface area contributed by atoms with Crippen LogP contribution < -0.4 is 10.6 Å². The van der Waals surface area contributed by atoms with E-state index in [2.05, 4.69) is 10.6 Å². The van der Waals surface area contributed by atoms with Crippen LogP contribution in [0.1, 0.15) is 39.2 Å². The van der Waals surface area contributed by atoms with Crippen molar-refractivity contribution in [3.8, 4) is 0 Å². The number of para-hydroxylation sites is 1. The van der Waals surface area contributed by atoms with Crippen molar-refractivity contribution in [2.75, 3.05) is 5.32 Å². The first-order valence-corrected chi connectivity index (χ1v) is 8.67. The van der Waals surface area contributed by atoms with Gasteiger partial charge in [0.1, 0.15) is 17.3 Å². The predicted octanol–water partition coefficient (Wildman–Crippen LogP) is 4.71. The summed E-state index contributed by atoms with van der Waals surface area (Å²) in [5, 5.41) is 5.06. The molecule has 3 aromatic rings. The molecule has 1 unspecified atom stereocenters. The highest BCUT2D eigenvalue weighted by molar-refractivity contribution is 6.06. The third kappa shape index (κ3) is 4.40. The van der Waals surface area contributed by atoms with Crippen molar-refractivity contribution in [3.05, 3.63) is 101 Å². The minimum absolute atomic E-state index is 0.114. The molecule has 0 aromatic heterocycles. The Balaban J connectivity index is 1.74. The lowest BCUT2D eigenvalue weighted by Crippen LogP contribution is -2.27. The fraction of sp³-hybridized carbons (Fsp3) is 0.0909. The molecule has 3 rings (SSSR count). The number of benzene rings is 3. The number of hydrogen-bond donors (Lipinski definition) is 2. The van der Waals surface area contributed by atoms with Crippen LogP contribution in [0, 0.1) is 11.6 Å². The van der Waals surface area contributed by atoms with Crippen molar-refractivity contribution in [3.63, 3.8) is 0 Å². The number of carbonyl (C=O) groups is 2. The van der Waals surface area contributed by atoms with E-state index in [1.807, 2.05) is 37.3 Å². The number of amides is 2. The minimum Gasteiger partial charge on any atom is -0.346 e. The van der Waals surface area contributed by atoms with Crippen LogP contribution in [-0.2, 0) is 0 Å². The largest absolute Gasteiger partial charge is 0.346 e. The second-order valence-electron chi connectivity index (χ2n) is 6.24. The number of carbonyl (C=O) groups excluding carboxylic acids is 2. The first-order valence-electron chi connectivity index (χ1n) is 8.67. The zero-order valence-corrected chi connectivity index (χ0v) is 15.1. The van der Waals surface area contributed by atoms with Gasteiger partial charge in [-0.3, -0.25) is 9.59 Å². The number of anilines is 1. The first kappa shape index (κ1) is 19.2. The van der Waals surface area contributed by atoms with E-state index in [0.717, 1.165) is 17.7 Å². The van der Waals surface area contributed by atoms with Crippen molar-refractivity contribution in [2.45, 2.75) is 13.0 Å². The minimum atomic E-state index is -0.876. The number of nitrogens with one attached hydrogen (secondary N) is 2. The molecule has 28 heavy (non-hydrogen) atoms. The predicted molar refractivity (Wildman–Crippen MR) is 103 cm³/mol. The lowest BCUT2D eigenvalue weighted by atomic mass is 10.1. The van der Waals surface area contributed by atoms with Gasteiger partial charge in [-0.05, 0) is 42.8 Å². The highest BCUT2D eigenvalue weighted by Crippen LogP contribution is 2.19. The molecule has 3 aromatic carbocycles. The van der Waals surface area contributed by atoms with Gasteiger partial charge < -0.3 is 10.6 Å². The molecule has 0 fully saturated rings. The van der Waals surface area contributed by atoms with Gasteiger partial charge in [0.2, 0.25) is 0 Å². The number of halogens is 2. The summed E-state index contributed by atoms with van der Waals surface area (Å²) in [6.07, 6.45) is 0. The second kappa shape index (κ2) is 8.43. The van der Waals surface area contributed by atoms with Gasteiger partial charge in [0.25, 0.3) is 11.8 Å². The summed E-state index contributed by atoms with van der Waals surface area (Å²) in [6, 6.07) is 18.5. The van der Waals surface area contributed by atoms with E-state index in [0.29, 0.717) is 0 Å². The Morgan fingerprint density at radius 3 is 2.00 bits per heavy atom. The topological polar surface area (TPSA) is 58.2 Å². The van der Waals surface area contributed by atoms with Crippen LogP contribution in [0.3, 0.4) is 0 Å².